The summed E-state index contributed by atoms with van der Waals surface area (Å²) in [5.74, 6) is -0.0910. The minimum atomic E-state index is -3.89. The standard InChI is InChI=1S/C23H25FN2O4S/c1-14(2)22(27)25-13-23(3)21-19(9-10-26-23)18-8-7-17(12-20(18)30-21)31(28,29)16-6-4-5-15(24)11-16/h4-8,11-12,14,26H,9-10,13H2,1-3H3,(H,25,27). The lowest BCUT2D eigenvalue weighted by atomic mass is 9.89. The van der Waals surface area contributed by atoms with Crippen molar-refractivity contribution >= 4 is 26.7 Å². The van der Waals surface area contributed by atoms with Gasteiger partial charge in [0.2, 0.25) is 15.7 Å². The number of halogens is 1. The summed E-state index contributed by atoms with van der Waals surface area (Å²) in [5, 5.41) is 7.21. The van der Waals surface area contributed by atoms with Gasteiger partial charge in [-0.1, -0.05) is 19.9 Å². The van der Waals surface area contributed by atoms with Crippen LogP contribution >= 0.6 is 0 Å². The smallest absolute Gasteiger partial charge is 0.222 e. The fourth-order valence-corrected chi connectivity index (χ4v) is 5.22. The first-order valence-electron chi connectivity index (χ1n) is 10.2. The molecular weight excluding hydrogens is 419 g/mol. The van der Waals surface area contributed by atoms with Gasteiger partial charge in [-0.15, -0.1) is 0 Å². The molecule has 1 atom stereocenters. The Labute approximate surface area is 180 Å². The summed E-state index contributed by atoms with van der Waals surface area (Å²) >= 11 is 0. The monoisotopic (exact) mass is 444 g/mol. The van der Waals surface area contributed by atoms with Crippen molar-refractivity contribution in [2.24, 2.45) is 5.92 Å². The second-order valence-electron chi connectivity index (χ2n) is 8.41. The van der Waals surface area contributed by atoms with Crippen molar-refractivity contribution in [3.05, 3.63) is 59.6 Å². The summed E-state index contributed by atoms with van der Waals surface area (Å²) < 4.78 is 45.7. The third-order valence-corrected chi connectivity index (χ3v) is 7.46. The average Bonchev–Trinajstić information content (AvgIpc) is 3.12. The van der Waals surface area contributed by atoms with E-state index in [0.717, 1.165) is 23.4 Å². The molecule has 31 heavy (non-hydrogen) atoms. The molecule has 1 aliphatic heterocycles. The highest BCUT2D eigenvalue weighted by atomic mass is 32.2. The number of hydrogen-bond acceptors (Lipinski definition) is 5. The lowest BCUT2D eigenvalue weighted by Gasteiger charge is -2.34. The van der Waals surface area contributed by atoms with Crippen molar-refractivity contribution in [3.8, 4) is 0 Å². The Kier molecular flexibility index (Phi) is 5.39. The van der Waals surface area contributed by atoms with Crippen LogP contribution in [0.15, 0.2) is 56.7 Å². The topological polar surface area (TPSA) is 88.4 Å². The molecule has 0 bridgehead atoms. The highest BCUT2D eigenvalue weighted by molar-refractivity contribution is 7.91. The van der Waals surface area contributed by atoms with Gasteiger partial charge in [-0.05, 0) is 43.7 Å². The number of benzene rings is 2. The molecule has 0 aliphatic carbocycles. The van der Waals surface area contributed by atoms with Gasteiger partial charge in [0.15, 0.2) is 0 Å². The molecule has 0 saturated heterocycles. The number of sulfone groups is 1. The summed E-state index contributed by atoms with van der Waals surface area (Å²) in [6.07, 6.45) is 0.728. The number of carbonyl (C=O) groups is 1. The first-order chi connectivity index (χ1) is 14.6. The van der Waals surface area contributed by atoms with Gasteiger partial charge >= 0.3 is 0 Å². The Bertz CT molecular complexity index is 1270. The van der Waals surface area contributed by atoms with E-state index in [1.165, 1.54) is 30.3 Å². The Balaban J connectivity index is 1.74. The van der Waals surface area contributed by atoms with Crippen molar-refractivity contribution in [3.63, 3.8) is 0 Å². The molecule has 0 radical (unpaired) electrons. The van der Waals surface area contributed by atoms with E-state index in [2.05, 4.69) is 10.6 Å². The molecule has 1 aromatic heterocycles. The molecule has 0 saturated carbocycles. The van der Waals surface area contributed by atoms with Gasteiger partial charge in [0.25, 0.3) is 0 Å². The van der Waals surface area contributed by atoms with Gasteiger partial charge < -0.3 is 15.1 Å². The van der Waals surface area contributed by atoms with E-state index in [9.17, 15) is 17.6 Å². The third kappa shape index (κ3) is 3.85. The maximum atomic E-state index is 13.6. The number of nitrogens with one attached hydrogen (secondary N) is 2. The number of carbonyl (C=O) groups excluding carboxylic acids is 1. The normalized spacial score (nSPS) is 18.9. The largest absolute Gasteiger partial charge is 0.459 e. The number of hydrogen-bond donors (Lipinski definition) is 2. The fraction of sp³-hybridized carbons (Fsp3) is 0.348. The predicted octanol–water partition coefficient (Wildman–Crippen LogP) is 3.54. The van der Waals surface area contributed by atoms with Gasteiger partial charge in [0, 0.05) is 36.0 Å². The zero-order valence-corrected chi connectivity index (χ0v) is 18.5. The molecule has 1 amide bonds. The molecule has 0 spiro atoms. The second kappa shape index (κ2) is 7.76. The molecule has 1 unspecified atom stereocenters. The van der Waals surface area contributed by atoms with Gasteiger partial charge in [0.05, 0.1) is 15.3 Å². The fourth-order valence-electron chi connectivity index (χ4n) is 3.92. The lowest BCUT2D eigenvalue weighted by Crippen LogP contribution is -2.52. The minimum absolute atomic E-state index is 0.0412. The van der Waals surface area contributed by atoms with Gasteiger partial charge in [-0.3, -0.25) is 4.79 Å². The number of fused-ring (bicyclic) bond motifs is 3. The summed E-state index contributed by atoms with van der Waals surface area (Å²) in [6.45, 7) is 6.68. The number of amides is 1. The summed E-state index contributed by atoms with van der Waals surface area (Å²) in [7, 11) is -3.89. The van der Waals surface area contributed by atoms with Crippen molar-refractivity contribution in [1.82, 2.24) is 10.6 Å². The first-order valence-corrected chi connectivity index (χ1v) is 11.7. The molecule has 2 heterocycles. The molecule has 0 fully saturated rings. The quantitative estimate of drug-likeness (QED) is 0.629. The van der Waals surface area contributed by atoms with E-state index in [0.29, 0.717) is 24.4 Å². The van der Waals surface area contributed by atoms with Crippen LogP contribution in [0.4, 0.5) is 4.39 Å². The van der Waals surface area contributed by atoms with E-state index < -0.39 is 21.2 Å². The van der Waals surface area contributed by atoms with Crippen molar-refractivity contribution in [2.75, 3.05) is 13.1 Å². The van der Waals surface area contributed by atoms with E-state index in [1.54, 1.807) is 6.07 Å². The molecule has 4 rings (SSSR count). The lowest BCUT2D eigenvalue weighted by molar-refractivity contribution is -0.124. The zero-order chi connectivity index (χ0) is 22.4. The van der Waals surface area contributed by atoms with E-state index in [-0.39, 0.29) is 21.6 Å². The first kappa shape index (κ1) is 21.5. The Hall–Kier alpha value is -2.71. The van der Waals surface area contributed by atoms with E-state index in [4.69, 9.17) is 4.42 Å². The second-order valence-corrected chi connectivity index (χ2v) is 10.4. The number of furan rings is 1. The maximum absolute atomic E-state index is 13.6. The van der Waals surface area contributed by atoms with Crippen LogP contribution in [0.25, 0.3) is 11.0 Å². The molecule has 164 valence electrons. The zero-order valence-electron chi connectivity index (χ0n) is 17.7. The molecule has 6 nitrogen and oxygen atoms in total. The van der Waals surface area contributed by atoms with Crippen molar-refractivity contribution in [2.45, 2.75) is 42.5 Å². The van der Waals surface area contributed by atoms with Gasteiger partial charge in [-0.25, -0.2) is 12.8 Å². The third-order valence-electron chi connectivity index (χ3n) is 5.71. The summed E-state index contributed by atoms with van der Waals surface area (Å²) in [5.41, 5.74) is 0.844. The summed E-state index contributed by atoms with van der Waals surface area (Å²) in [4.78, 5) is 12.0. The SMILES string of the molecule is CC(C)C(=O)NCC1(C)NCCc2c1oc1cc(S(=O)(=O)c3cccc(F)c3)ccc21. The summed E-state index contributed by atoms with van der Waals surface area (Å²) in [6, 6.07) is 9.70. The van der Waals surface area contributed by atoms with Crippen LogP contribution in [0.3, 0.4) is 0 Å². The Morgan fingerprint density at radius 3 is 2.68 bits per heavy atom. The maximum Gasteiger partial charge on any atom is 0.222 e. The van der Waals surface area contributed by atoms with Crippen LogP contribution in [-0.4, -0.2) is 27.4 Å². The highest BCUT2D eigenvalue weighted by Gasteiger charge is 2.37. The van der Waals surface area contributed by atoms with Crippen molar-refractivity contribution in [1.29, 1.82) is 0 Å². The van der Waals surface area contributed by atoms with Crippen LogP contribution in [0, 0.1) is 11.7 Å². The van der Waals surface area contributed by atoms with Crippen LogP contribution in [-0.2, 0) is 26.6 Å². The van der Waals surface area contributed by atoms with E-state index in [1.807, 2.05) is 20.8 Å². The van der Waals surface area contributed by atoms with Gasteiger partial charge in [-0.2, -0.15) is 0 Å². The molecule has 2 aromatic carbocycles. The average molecular weight is 445 g/mol. The van der Waals surface area contributed by atoms with Crippen LogP contribution in [0.2, 0.25) is 0 Å². The van der Waals surface area contributed by atoms with E-state index >= 15 is 0 Å². The Morgan fingerprint density at radius 2 is 1.97 bits per heavy atom. The molecule has 8 heteroatoms. The molecule has 2 N–H and O–H groups in total. The molecule has 1 aliphatic rings. The molecule has 3 aromatic rings. The minimum Gasteiger partial charge on any atom is -0.459 e. The Morgan fingerprint density at radius 1 is 1.23 bits per heavy atom. The number of rotatable bonds is 5. The van der Waals surface area contributed by atoms with Crippen molar-refractivity contribution < 1.29 is 22.0 Å². The highest BCUT2D eigenvalue weighted by Crippen LogP contribution is 2.37. The van der Waals surface area contributed by atoms with Gasteiger partial charge in [0.1, 0.15) is 17.2 Å². The molecular formula is C23H25FN2O4S. The van der Waals surface area contributed by atoms with Crippen LogP contribution in [0.1, 0.15) is 32.1 Å². The van der Waals surface area contributed by atoms with Crippen LogP contribution in [0.5, 0.6) is 0 Å². The van der Waals surface area contributed by atoms with Crippen LogP contribution < -0.4 is 10.6 Å². The predicted molar refractivity (Wildman–Crippen MR) is 115 cm³/mol.